The molecule has 0 aliphatic carbocycles. The van der Waals surface area contributed by atoms with Crippen molar-refractivity contribution in [1.82, 2.24) is 10.3 Å². The van der Waals surface area contributed by atoms with Gasteiger partial charge in [-0.2, -0.15) is 0 Å². The van der Waals surface area contributed by atoms with Gasteiger partial charge in [0.25, 0.3) is 5.91 Å². The molecular formula is C16H17BrN2O2. The third kappa shape index (κ3) is 4.12. The summed E-state index contributed by atoms with van der Waals surface area (Å²) in [5.41, 5.74) is 2.40. The van der Waals surface area contributed by atoms with Crippen molar-refractivity contribution in [3.63, 3.8) is 0 Å². The molecule has 1 amide bonds. The highest BCUT2D eigenvalue weighted by Gasteiger charge is 2.17. The van der Waals surface area contributed by atoms with E-state index in [-0.39, 0.29) is 18.6 Å². The molecule has 21 heavy (non-hydrogen) atoms. The van der Waals surface area contributed by atoms with Crippen LogP contribution in [-0.2, 0) is 0 Å². The summed E-state index contributed by atoms with van der Waals surface area (Å²) in [5.74, 6) is -0.194. The molecule has 0 unspecified atom stereocenters. The van der Waals surface area contributed by atoms with Gasteiger partial charge in [0, 0.05) is 23.5 Å². The third-order valence-electron chi connectivity index (χ3n) is 3.14. The Morgan fingerprint density at radius 1 is 1.38 bits per heavy atom. The fourth-order valence-corrected chi connectivity index (χ4v) is 2.67. The van der Waals surface area contributed by atoms with Gasteiger partial charge in [0.1, 0.15) is 0 Å². The first-order valence-electron chi connectivity index (χ1n) is 6.69. The predicted octanol–water partition coefficient (Wildman–Crippen LogP) is 3.01. The summed E-state index contributed by atoms with van der Waals surface area (Å²) in [7, 11) is 0. The molecule has 0 spiro atoms. The van der Waals surface area contributed by atoms with Crippen LogP contribution in [0.1, 0.15) is 33.9 Å². The van der Waals surface area contributed by atoms with Crippen LogP contribution >= 0.6 is 15.9 Å². The molecule has 1 aromatic carbocycles. The highest BCUT2D eigenvalue weighted by atomic mass is 79.9. The molecule has 2 aromatic rings. The van der Waals surface area contributed by atoms with Crippen molar-refractivity contribution in [2.45, 2.75) is 19.4 Å². The van der Waals surface area contributed by atoms with Crippen molar-refractivity contribution in [1.29, 1.82) is 0 Å². The number of hydrogen-bond donors (Lipinski definition) is 2. The molecule has 5 heteroatoms. The number of pyridine rings is 1. The number of benzene rings is 1. The Kier molecular flexibility index (Phi) is 5.47. The average molecular weight is 349 g/mol. The largest absolute Gasteiger partial charge is 0.396 e. The number of rotatable bonds is 5. The number of nitrogens with one attached hydrogen (secondary N) is 1. The minimum Gasteiger partial charge on any atom is -0.396 e. The lowest BCUT2D eigenvalue weighted by atomic mass is 10.0. The second kappa shape index (κ2) is 7.33. The van der Waals surface area contributed by atoms with Gasteiger partial charge in [-0.15, -0.1) is 0 Å². The van der Waals surface area contributed by atoms with Crippen LogP contribution in [-0.4, -0.2) is 22.6 Å². The minimum absolute atomic E-state index is 0.00164. The Morgan fingerprint density at radius 3 is 2.81 bits per heavy atom. The second-order valence-electron chi connectivity index (χ2n) is 4.81. The van der Waals surface area contributed by atoms with E-state index in [9.17, 15) is 9.90 Å². The fraction of sp³-hybridized carbons (Fsp3) is 0.250. The monoisotopic (exact) mass is 348 g/mol. The molecule has 2 N–H and O–H groups in total. The van der Waals surface area contributed by atoms with Crippen molar-refractivity contribution in [2.75, 3.05) is 6.61 Å². The van der Waals surface area contributed by atoms with Gasteiger partial charge in [-0.1, -0.05) is 34.1 Å². The van der Waals surface area contributed by atoms with Crippen LogP contribution in [0.2, 0.25) is 0 Å². The molecule has 0 fully saturated rings. The highest BCUT2D eigenvalue weighted by Crippen LogP contribution is 2.25. The maximum absolute atomic E-state index is 12.3. The molecule has 0 saturated heterocycles. The number of aromatic nitrogens is 1. The molecule has 0 saturated carbocycles. The Morgan fingerprint density at radius 2 is 2.14 bits per heavy atom. The summed E-state index contributed by atoms with van der Waals surface area (Å²) >= 11 is 3.48. The Labute approximate surface area is 132 Å². The first kappa shape index (κ1) is 15.7. The van der Waals surface area contributed by atoms with Crippen LogP contribution in [0, 0.1) is 6.92 Å². The molecule has 4 nitrogen and oxygen atoms in total. The SMILES string of the molecule is Cc1cncc(C(=O)N[C@H](CCO)c2ccccc2Br)c1. The minimum atomic E-state index is -0.251. The number of aliphatic hydroxyl groups is 1. The van der Waals surface area contributed by atoms with Crippen molar-refractivity contribution >= 4 is 21.8 Å². The van der Waals surface area contributed by atoms with E-state index in [2.05, 4.69) is 26.2 Å². The molecule has 0 radical (unpaired) electrons. The van der Waals surface area contributed by atoms with Crippen LogP contribution in [0.15, 0.2) is 47.2 Å². The van der Waals surface area contributed by atoms with E-state index in [4.69, 9.17) is 0 Å². The first-order chi connectivity index (χ1) is 10.1. The molecule has 1 aromatic heterocycles. The summed E-state index contributed by atoms with van der Waals surface area (Å²) < 4.78 is 0.908. The topological polar surface area (TPSA) is 62.2 Å². The van der Waals surface area contributed by atoms with E-state index in [0.29, 0.717) is 12.0 Å². The summed E-state index contributed by atoms with van der Waals surface area (Å²) in [4.78, 5) is 16.3. The summed E-state index contributed by atoms with van der Waals surface area (Å²) in [6.45, 7) is 1.89. The Bertz CT molecular complexity index is 631. The lowest BCUT2D eigenvalue weighted by Crippen LogP contribution is -2.29. The molecule has 1 heterocycles. The van der Waals surface area contributed by atoms with Crippen molar-refractivity contribution in [2.24, 2.45) is 0 Å². The van der Waals surface area contributed by atoms with Gasteiger partial charge < -0.3 is 10.4 Å². The van der Waals surface area contributed by atoms with Crippen molar-refractivity contribution in [3.05, 3.63) is 63.9 Å². The van der Waals surface area contributed by atoms with Crippen molar-refractivity contribution < 1.29 is 9.90 Å². The number of nitrogens with zero attached hydrogens (tertiary/aromatic N) is 1. The molecule has 0 aliphatic heterocycles. The fourth-order valence-electron chi connectivity index (χ4n) is 2.11. The van der Waals surface area contributed by atoms with Gasteiger partial charge in [0.05, 0.1) is 11.6 Å². The normalized spacial score (nSPS) is 12.0. The Balaban J connectivity index is 2.20. The number of carbonyl (C=O) groups is 1. The second-order valence-corrected chi connectivity index (χ2v) is 5.67. The molecule has 0 aliphatic rings. The molecule has 2 rings (SSSR count). The number of aliphatic hydroxyl groups excluding tert-OH is 1. The standard InChI is InChI=1S/C16H17BrN2O2/c1-11-8-12(10-18-9-11)16(21)19-15(6-7-20)13-4-2-3-5-14(13)17/h2-5,8-10,15,20H,6-7H2,1H3,(H,19,21)/t15-/m1/s1. The van der Waals surface area contributed by atoms with E-state index < -0.39 is 0 Å². The van der Waals surface area contributed by atoms with Crippen molar-refractivity contribution in [3.8, 4) is 0 Å². The van der Waals surface area contributed by atoms with Gasteiger partial charge in [-0.25, -0.2) is 0 Å². The van der Waals surface area contributed by atoms with Crippen LogP contribution < -0.4 is 5.32 Å². The van der Waals surface area contributed by atoms with E-state index >= 15 is 0 Å². The summed E-state index contributed by atoms with van der Waals surface area (Å²) in [5, 5.41) is 12.2. The van der Waals surface area contributed by atoms with Crippen LogP contribution in [0.5, 0.6) is 0 Å². The van der Waals surface area contributed by atoms with Crippen LogP contribution in [0.25, 0.3) is 0 Å². The first-order valence-corrected chi connectivity index (χ1v) is 7.49. The predicted molar refractivity (Wildman–Crippen MR) is 85.0 cm³/mol. The number of hydrogen-bond acceptors (Lipinski definition) is 3. The number of carbonyl (C=O) groups excluding carboxylic acids is 1. The highest BCUT2D eigenvalue weighted by molar-refractivity contribution is 9.10. The smallest absolute Gasteiger partial charge is 0.253 e. The third-order valence-corrected chi connectivity index (χ3v) is 3.86. The lowest BCUT2D eigenvalue weighted by molar-refractivity contribution is 0.0929. The van der Waals surface area contributed by atoms with Gasteiger partial charge in [0.2, 0.25) is 0 Å². The maximum atomic E-state index is 12.3. The van der Waals surface area contributed by atoms with Gasteiger partial charge in [-0.05, 0) is 36.6 Å². The van der Waals surface area contributed by atoms with Crippen LogP contribution in [0.3, 0.4) is 0 Å². The number of halogens is 1. The molecular weight excluding hydrogens is 332 g/mol. The average Bonchev–Trinajstić information content (AvgIpc) is 2.47. The van der Waals surface area contributed by atoms with Gasteiger partial charge in [-0.3, -0.25) is 9.78 Å². The van der Waals surface area contributed by atoms with Gasteiger partial charge in [0.15, 0.2) is 0 Å². The summed E-state index contributed by atoms with van der Waals surface area (Å²) in [6.07, 6.45) is 3.70. The maximum Gasteiger partial charge on any atom is 0.253 e. The molecule has 0 bridgehead atoms. The molecule has 1 atom stereocenters. The quantitative estimate of drug-likeness (QED) is 0.872. The van der Waals surface area contributed by atoms with E-state index in [0.717, 1.165) is 15.6 Å². The lowest BCUT2D eigenvalue weighted by Gasteiger charge is -2.19. The number of aryl methyl sites for hydroxylation is 1. The molecule has 110 valence electrons. The summed E-state index contributed by atoms with van der Waals surface area (Å²) in [6, 6.07) is 9.21. The number of amides is 1. The zero-order valence-corrected chi connectivity index (χ0v) is 13.3. The van der Waals surface area contributed by atoms with E-state index in [1.165, 1.54) is 0 Å². The van der Waals surface area contributed by atoms with Crippen LogP contribution in [0.4, 0.5) is 0 Å². The van der Waals surface area contributed by atoms with Gasteiger partial charge >= 0.3 is 0 Å². The van der Waals surface area contributed by atoms with E-state index in [1.54, 1.807) is 18.5 Å². The zero-order valence-electron chi connectivity index (χ0n) is 11.7. The van der Waals surface area contributed by atoms with E-state index in [1.807, 2.05) is 31.2 Å². The zero-order chi connectivity index (χ0) is 15.2. The Hall–Kier alpha value is -1.72.